The van der Waals surface area contributed by atoms with Gasteiger partial charge in [-0.3, -0.25) is 0 Å². The number of hydrogen-bond acceptors (Lipinski definition) is 3. The van der Waals surface area contributed by atoms with Gasteiger partial charge in [0.05, 0.1) is 5.60 Å². The molecule has 0 spiro atoms. The van der Waals surface area contributed by atoms with Gasteiger partial charge in [-0.1, -0.05) is 24.3 Å². The van der Waals surface area contributed by atoms with E-state index in [1.165, 1.54) is 0 Å². The minimum atomic E-state index is -0.655. The Labute approximate surface area is 96.9 Å². The number of nitrogens with zero attached hydrogens (tertiary/aromatic N) is 1. The maximum atomic E-state index is 10.6. The fourth-order valence-electron chi connectivity index (χ4n) is 2.26. The molecule has 1 heterocycles. The second-order valence-electron chi connectivity index (χ2n) is 4.74. The molecule has 88 valence electrons. The van der Waals surface area contributed by atoms with Gasteiger partial charge in [0.1, 0.15) is 0 Å². The summed E-state index contributed by atoms with van der Waals surface area (Å²) >= 11 is 0. The molecule has 1 fully saturated rings. The van der Waals surface area contributed by atoms with E-state index in [1.807, 2.05) is 24.3 Å². The van der Waals surface area contributed by atoms with E-state index in [4.69, 9.17) is 5.73 Å². The molecule has 0 radical (unpaired) electrons. The molecule has 0 bridgehead atoms. The monoisotopic (exact) mass is 220 g/mol. The van der Waals surface area contributed by atoms with Crippen LogP contribution in [0.5, 0.6) is 0 Å². The molecule has 3 nitrogen and oxygen atoms in total. The molecule has 1 aromatic carbocycles. The Morgan fingerprint density at radius 3 is 2.69 bits per heavy atom. The van der Waals surface area contributed by atoms with Gasteiger partial charge >= 0.3 is 0 Å². The van der Waals surface area contributed by atoms with E-state index in [2.05, 4.69) is 11.9 Å². The maximum absolute atomic E-state index is 10.6. The second kappa shape index (κ2) is 4.53. The molecule has 0 aromatic heterocycles. The third kappa shape index (κ3) is 2.26. The molecule has 0 atom stereocenters. The van der Waals surface area contributed by atoms with Crippen molar-refractivity contribution in [3.8, 4) is 0 Å². The summed E-state index contributed by atoms with van der Waals surface area (Å²) in [7, 11) is 2.09. The molecular weight excluding hydrogens is 200 g/mol. The number of likely N-dealkylation sites (tertiary alicyclic amines) is 1. The van der Waals surface area contributed by atoms with Crippen molar-refractivity contribution in [2.75, 3.05) is 20.1 Å². The highest BCUT2D eigenvalue weighted by Gasteiger charge is 2.32. The van der Waals surface area contributed by atoms with Gasteiger partial charge in [-0.2, -0.15) is 0 Å². The van der Waals surface area contributed by atoms with Gasteiger partial charge in [-0.05, 0) is 31.0 Å². The van der Waals surface area contributed by atoms with Crippen molar-refractivity contribution in [1.29, 1.82) is 0 Å². The maximum Gasteiger partial charge on any atom is 0.0921 e. The summed E-state index contributed by atoms with van der Waals surface area (Å²) in [5.74, 6) is 0. The molecular formula is C13H20N2O. The van der Waals surface area contributed by atoms with Gasteiger partial charge in [0.2, 0.25) is 0 Å². The first kappa shape index (κ1) is 11.6. The molecule has 3 N–H and O–H groups in total. The Morgan fingerprint density at radius 1 is 1.38 bits per heavy atom. The van der Waals surface area contributed by atoms with E-state index in [0.29, 0.717) is 6.54 Å². The second-order valence-corrected chi connectivity index (χ2v) is 4.74. The molecule has 16 heavy (non-hydrogen) atoms. The molecule has 1 saturated heterocycles. The average Bonchev–Trinajstić information content (AvgIpc) is 2.33. The van der Waals surface area contributed by atoms with Crippen LogP contribution < -0.4 is 5.73 Å². The molecule has 0 amide bonds. The van der Waals surface area contributed by atoms with Crippen LogP contribution in [0.1, 0.15) is 24.0 Å². The largest absolute Gasteiger partial charge is 0.385 e. The number of piperidine rings is 1. The van der Waals surface area contributed by atoms with Crippen molar-refractivity contribution in [2.24, 2.45) is 5.73 Å². The molecule has 1 aliphatic rings. The van der Waals surface area contributed by atoms with E-state index in [9.17, 15) is 5.11 Å². The molecule has 3 heteroatoms. The minimum absolute atomic E-state index is 0.532. The van der Waals surface area contributed by atoms with Gasteiger partial charge in [0.25, 0.3) is 0 Å². The molecule has 0 saturated carbocycles. The van der Waals surface area contributed by atoms with Crippen LogP contribution >= 0.6 is 0 Å². The van der Waals surface area contributed by atoms with Crippen molar-refractivity contribution in [2.45, 2.75) is 25.0 Å². The van der Waals surface area contributed by atoms with Crippen molar-refractivity contribution in [3.63, 3.8) is 0 Å². The van der Waals surface area contributed by atoms with E-state index in [0.717, 1.165) is 37.1 Å². The SMILES string of the molecule is CN1CCC(O)(c2cccc(CN)c2)CC1. The zero-order valence-electron chi connectivity index (χ0n) is 9.82. The molecule has 1 aromatic rings. The quantitative estimate of drug-likeness (QED) is 0.783. The number of aliphatic hydroxyl groups is 1. The Morgan fingerprint density at radius 2 is 2.06 bits per heavy atom. The van der Waals surface area contributed by atoms with Crippen molar-refractivity contribution < 1.29 is 5.11 Å². The fourth-order valence-corrected chi connectivity index (χ4v) is 2.26. The number of benzene rings is 1. The summed E-state index contributed by atoms with van der Waals surface area (Å²) in [6, 6.07) is 8.02. The highest BCUT2D eigenvalue weighted by Crippen LogP contribution is 2.32. The lowest BCUT2D eigenvalue weighted by atomic mass is 9.84. The lowest BCUT2D eigenvalue weighted by Gasteiger charge is -2.37. The molecule has 1 aliphatic heterocycles. The Balaban J connectivity index is 2.21. The van der Waals surface area contributed by atoms with Gasteiger partial charge in [0, 0.05) is 19.6 Å². The van der Waals surface area contributed by atoms with E-state index >= 15 is 0 Å². The van der Waals surface area contributed by atoms with Crippen molar-refractivity contribution in [3.05, 3.63) is 35.4 Å². The Hall–Kier alpha value is -0.900. The van der Waals surface area contributed by atoms with Crippen LogP contribution in [-0.2, 0) is 12.1 Å². The first-order valence-corrected chi connectivity index (χ1v) is 5.84. The lowest BCUT2D eigenvalue weighted by Crippen LogP contribution is -2.40. The minimum Gasteiger partial charge on any atom is -0.385 e. The average molecular weight is 220 g/mol. The summed E-state index contributed by atoms with van der Waals surface area (Å²) in [4.78, 5) is 2.25. The van der Waals surface area contributed by atoms with Crippen LogP contribution in [0, 0.1) is 0 Å². The van der Waals surface area contributed by atoms with Crippen LogP contribution in [0.4, 0.5) is 0 Å². The summed E-state index contributed by atoms with van der Waals surface area (Å²) in [6.07, 6.45) is 1.61. The van der Waals surface area contributed by atoms with Crippen molar-refractivity contribution >= 4 is 0 Å². The standard InChI is InChI=1S/C13H20N2O/c1-15-7-5-13(16,6-8-15)12-4-2-3-11(9-12)10-14/h2-4,9,16H,5-8,10,14H2,1H3. The molecule has 0 aliphatic carbocycles. The number of nitrogens with two attached hydrogens (primary N) is 1. The first-order chi connectivity index (χ1) is 7.64. The summed E-state index contributed by atoms with van der Waals surface area (Å²) in [5, 5.41) is 10.6. The summed E-state index contributed by atoms with van der Waals surface area (Å²) < 4.78 is 0. The topological polar surface area (TPSA) is 49.5 Å². The third-order valence-electron chi connectivity index (χ3n) is 3.51. The predicted octanol–water partition coefficient (Wildman–Crippen LogP) is 1.06. The number of hydrogen-bond donors (Lipinski definition) is 2. The first-order valence-electron chi connectivity index (χ1n) is 5.84. The van der Waals surface area contributed by atoms with Crippen LogP contribution in [0.25, 0.3) is 0 Å². The van der Waals surface area contributed by atoms with Crippen LogP contribution in [-0.4, -0.2) is 30.1 Å². The Kier molecular flexibility index (Phi) is 3.28. The van der Waals surface area contributed by atoms with Crippen LogP contribution in [0.2, 0.25) is 0 Å². The van der Waals surface area contributed by atoms with Crippen LogP contribution in [0.15, 0.2) is 24.3 Å². The van der Waals surface area contributed by atoms with Gasteiger partial charge in [0.15, 0.2) is 0 Å². The van der Waals surface area contributed by atoms with E-state index in [-0.39, 0.29) is 0 Å². The van der Waals surface area contributed by atoms with Gasteiger partial charge in [-0.25, -0.2) is 0 Å². The normalized spacial score (nSPS) is 20.9. The van der Waals surface area contributed by atoms with Gasteiger partial charge < -0.3 is 15.7 Å². The van der Waals surface area contributed by atoms with Gasteiger partial charge in [-0.15, -0.1) is 0 Å². The predicted molar refractivity (Wildman–Crippen MR) is 65.0 cm³/mol. The van der Waals surface area contributed by atoms with E-state index < -0.39 is 5.60 Å². The third-order valence-corrected chi connectivity index (χ3v) is 3.51. The highest BCUT2D eigenvalue weighted by atomic mass is 16.3. The number of rotatable bonds is 2. The summed E-state index contributed by atoms with van der Waals surface area (Å²) in [5.41, 5.74) is 7.07. The smallest absolute Gasteiger partial charge is 0.0921 e. The molecule has 2 rings (SSSR count). The van der Waals surface area contributed by atoms with Crippen LogP contribution in [0.3, 0.4) is 0 Å². The highest BCUT2D eigenvalue weighted by molar-refractivity contribution is 5.28. The lowest BCUT2D eigenvalue weighted by molar-refractivity contribution is -0.0203. The zero-order valence-corrected chi connectivity index (χ0v) is 9.82. The fraction of sp³-hybridized carbons (Fsp3) is 0.538. The van der Waals surface area contributed by atoms with E-state index in [1.54, 1.807) is 0 Å². The van der Waals surface area contributed by atoms with Crippen molar-refractivity contribution in [1.82, 2.24) is 4.90 Å². The zero-order chi connectivity index (χ0) is 11.6. The molecule has 0 unspecified atom stereocenters. The Bertz CT molecular complexity index is 357. The summed E-state index contributed by atoms with van der Waals surface area (Å²) in [6.45, 7) is 2.43.